The second-order valence-electron chi connectivity index (χ2n) is 7.18. The third-order valence-electron chi connectivity index (χ3n) is 4.80. The average Bonchev–Trinajstić information content (AvgIpc) is 2.92. The SMILES string of the molecule is CC(C)NCc1cccc(C2(c3ccc(OC(F)F)cc3)N=C(N)N(C)C2=O)c1. The lowest BCUT2D eigenvalue weighted by molar-refractivity contribution is -0.129. The predicted octanol–water partition coefficient (Wildman–Crippen LogP) is 2.82. The van der Waals surface area contributed by atoms with Crippen molar-refractivity contribution in [3.05, 3.63) is 65.2 Å². The zero-order valence-corrected chi connectivity index (χ0v) is 16.5. The number of likely N-dealkylation sites (N-methyl/N-ethyl adjacent to an activating group) is 1. The van der Waals surface area contributed by atoms with E-state index in [1.165, 1.54) is 17.0 Å². The van der Waals surface area contributed by atoms with Crippen LogP contribution in [0.25, 0.3) is 0 Å². The molecular weight excluding hydrogens is 378 g/mol. The van der Waals surface area contributed by atoms with E-state index in [0.29, 0.717) is 23.7 Å². The van der Waals surface area contributed by atoms with Crippen molar-refractivity contribution in [3.8, 4) is 5.75 Å². The molecule has 1 aliphatic rings. The van der Waals surface area contributed by atoms with Gasteiger partial charge in [0.15, 0.2) is 11.5 Å². The van der Waals surface area contributed by atoms with Gasteiger partial charge in [-0.3, -0.25) is 9.69 Å². The van der Waals surface area contributed by atoms with Crippen LogP contribution in [-0.2, 0) is 16.9 Å². The number of nitrogens with two attached hydrogens (primary N) is 1. The van der Waals surface area contributed by atoms with Crippen LogP contribution in [0.1, 0.15) is 30.5 Å². The van der Waals surface area contributed by atoms with Crippen LogP contribution in [0.5, 0.6) is 5.75 Å². The minimum atomic E-state index is -2.92. The lowest BCUT2D eigenvalue weighted by atomic mass is 9.82. The minimum absolute atomic E-state index is 0.00420. The third-order valence-corrected chi connectivity index (χ3v) is 4.80. The Balaban J connectivity index is 2.07. The molecule has 6 nitrogen and oxygen atoms in total. The molecule has 3 N–H and O–H groups in total. The highest BCUT2D eigenvalue weighted by Crippen LogP contribution is 2.40. The summed E-state index contributed by atoms with van der Waals surface area (Å²) in [6.45, 7) is 1.81. The van der Waals surface area contributed by atoms with Crippen molar-refractivity contribution in [1.29, 1.82) is 0 Å². The number of alkyl halides is 2. The first-order valence-corrected chi connectivity index (χ1v) is 9.25. The van der Waals surface area contributed by atoms with Crippen LogP contribution in [0.4, 0.5) is 8.78 Å². The van der Waals surface area contributed by atoms with Crippen molar-refractivity contribution in [1.82, 2.24) is 10.2 Å². The number of aliphatic imine (C=N–C) groups is 1. The number of ether oxygens (including phenoxy) is 1. The zero-order valence-electron chi connectivity index (χ0n) is 16.5. The number of benzene rings is 2. The summed E-state index contributed by atoms with van der Waals surface area (Å²) in [6, 6.07) is 13.8. The van der Waals surface area contributed by atoms with E-state index in [2.05, 4.69) is 28.9 Å². The Kier molecular flexibility index (Phi) is 5.83. The number of carbonyl (C=O) groups is 1. The summed E-state index contributed by atoms with van der Waals surface area (Å²) in [6.07, 6.45) is 0. The van der Waals surface area contributed by atoms with Gasteiger partial charge in [0.2, 0.25) is 0 Å². The molecule has 0 saturated heterocycles. The Morgan fingerprint density at radius 2 is 1.86 bits per heavy atom. The van der Waals surface area contributed by atoms with Gasteiger partial charge in [-0.2, -0.15) is 8.78 Å². The first-order valence-electron chi connectivity index (χ1n) is 9.25. The van der Waals surface area contributed by atoms with E-state index in [-0.39, 0.29) is 17.6 Å². The smallest absolute Gasteiger partial charge is 0.387 e. The summed E-state index contributed by atoms with van der Waals surface area (Å²) in [5.74, 6) is -0.218. The van der Waals surface area contributed by atoms with E-state index in [1.807, 2.05) is 24.3 Å². The molecule has 1 amide bonds. The quantitative estimate of drug-likeness (QED) is 0.746. The number of hydrogen-bond donors (Lipinski definition) is 2. The molecule has 2 aromatic carbocycles. The Bertz CT molecular complexity index is 915. The van der Waals surface area contributed by atoms with Gasteiger partial charge in [0.1, 0.15) is 5.75 Å². The molecule has 8 heteroatoms. The number of rotatable bonds is 7. The molecule has 0 saturated carbocycles. The van der Waals surface area contributed by atoms with Gasteiger partial charge in [-0.1, -0.05) is 50.2 Å². The van der Waals surface area contributed by atoms with Crippen molar-refractivity contribution >= 4 is 11.9 Å². The number of halogens is 2. The van der Waals surface area contributed by atoms with Crippen LogP contribution in [0.2, 0.25) is 0 Å². The summed E-state index contributed by atoms with van der Waals surface area (Å²) in [5.41, 5.74) is 6.75. The largest absolute Gasteiger partial charge is 0.435 e. The maximum Gasteiger partial charge on any atom is 0.387 e. The van der Waals surface area contributed by atoms with E-state index in [1.54, 1.807) is 19.2 Å². The molecule has 1 heterocycles. The number of carbonyl (C=O) groups excluding carboxylic acids is 1. The van der Waals surface area contributed by atoms with E-state index < -0.39 is 12.2 Å². The molecule has 0 bridgehead atoms. The molecule has 0 spiro atoms. The highest BCUT2D eigenvalue weighted by atomic mass is 19.3. The van der Waals surface area contributed by atoms with Gasteiger partial charge in [-0.05, 0) is 28.8 Å². The fourth-order valence-electron chi connectivity index (χ4n) is 3.29. The van der Waals surface area contributed by atoms with Crippen LogP contribution < -0.4 is 15.8 Å². The zero-order chi connectivity index (χ0) is 21.2. The van der Waals surface area contributed by atoms with Crippen LogP contribution >= 0.6 is 0 Å². The second-order valence-corrected chi connectivity index (χ2v) is 7.18. The number of hydrogen-bond acceptors (Lipinski definition) is 5. The van der Waals surface area contributed by atoms with Crippen molar-refractivity contribution in [2.45, 2.75) is 38.6 Å². The first-order chi connectivity index (χ1) is 13.7. The predicted molar refractivity (Wildman–Crippen MR) is 107 cm³/mol. The monoisotopic (exact) mass is 402 g/mol. The van der Waals surface area contributed by atoms with E-state index >= 15 is 0 Å². The van der Waals surface area contributed by atoms with Crippen molar-refractivity contribution in [2.75, 3.05) is 7.05 Å². The number of guanidine groups is 1. The van der Waals surface area contributed by atoms with Gasteiger partial charge in [-0.25, -0.2) is 4.99 Å². The molecule has 154 valence electrons. The Hall–Kier alpha value is -3.00. The summed E-state index contributed by atoms with van der Waals surface area (Å²) < 4.78 is 29.4. The van der Waals surface area contributed by atoms with Gasteiger partial charge in [0.05, 0.1) is 0 Å². The fraction of sp³-hybridized carbons (Fsp3) is 0.333. The molecule has 0 aromatic heterocycles. The van der Waals surface area contributed by atoms with E-state index in [0.717, 1.165) is 5.56 Å². The van der Waals surface area contributed by atoms with Gasteiger partial charge < -0.3 is 15.8 Å². The number of amides is 1. The van der Waals surface area contributed by atoms with Crippen molar-refractivity contribution in [2.24, 2.45) is 10.7 Å². The topological polar surface area (TPSA) is 80.0 Å². The lowest BCUT2D eigenvalue weighted by Gasteiger charge is -2.27. The van der Waals surface area contributed by atoms with Crippen LogP contribution in [0, 0.1) is 0 Å². The summed E-state index contributed by atoms with van der Waals surface area (Å²) in [7, 11) is 1.56. The maximum atomic E-state index is 13.2. The van der Waals surface area contributed by atoms with Crippen LogP contribution in [-0.4, -0.2) is 36.5 Å². The highest BCUT2D eigenvalue weighted by molar-refractivity contribution is 6.08. The molecule has 1 atom stereocenters. The minimum Gasteiger partial charge on any atom is -0.435 e. The van der Waals surface area contributed by atoms with Gasteiger partial charge >= 0.3 is 6.61 Å². The van der Waals surface area contributed by atoms with E-state index in [9.17, 15) is 13.6 Å². The van der Waals surface area contributed by atoms with Gasteiger partial charge in [0, 0.05) is 19.6 Å². The average molecular weight is 402 g/mol. The van der Waals surface area contributed by atoms with E-state index in [4.69, 9.17) is 5.73 Å². The Morgan fingerprint density at radius 3 is 2.41 bits per heavy atom. The molecule has 2 aromatic rings. The molecule has 0 radical (unpaired) electrons. The van der Waals surface area contributed by atoms with Gasteiger partial charge in [0.25, 0.3) is 5.91 Å². The van der Waals surface area contributed by atoms with Gasteiger partial charge in [-0.15, -0.1) is 0 Å². The van der Waals surface area contributed by atoms with Crippen LogP contribution in [0.3, 0.4) is 0 Å². The molecule has 1 aliphatic heterocycles. The second kappa shape index (κ2) is 8.16. The molecule has 0 fully saturated rings. The Labute approximate surface area is 168 Å². The standard InChI is InChI=1S/C21H24F2N4O2/c1-13(2)25-12-14-5-4-6-16(11-14)21(18(28)27(3)20(24)26-21)15-7-9-17(10-8-15)29-19(22)23/h4-11,13,19,25H,12H2,1-3H3,(H2,24,26). The lowest BCUT2D eigenvalue weighted by Crippen LogP contribution is -2.41. The fourth-order valence-corrected chi connectivity index (χ4v) is 3.29. The van der Waals surface area contributed by atoms with Crippen molar-refractivity contribution in [3.63, 3.8) is 0 Å². The normalized spacial score (nSPS) is 19.2. The molecular formula is C21H24F2N4O2. The first kappa shape index (κ1) is 20.7. The molecule has 0 aliphatic carbocycles. The summed E-state index contributed by atoms with van der Waals surface area (Å²) in [4.78, 5) is 19.0. The molecule has 1 unspecified atom stereocenters. The Morgan fingerprint density at radius 1 is 1.17 bits per heavy atom. The molecule has 3 rings (SSSR count). The summed E-state index contributed by atoms with van der Waals surface area (Å²) >= 11 is 0. The molecule has 29 heavy (non-hydrogen) atoms. The summed E-state index contributed by atoms with van der Waals surface area (Å²) in [5, 5.41) is 3.34. The van der Waals surface area contributed by atoms with Crippen molar-refractivity contribution < 1.29 is 18.3 Å². The maximum absolute atomic E-state index is 13.2. The third kappa shape index (κ3) is 4.07. The highest BCUT2D eigenvalue weighted by Gasteiger charge is 2.49. The van der Waals surface area contributed by atoms with Crippen LogP contribution in [0.15, 0.2) is 53.5 Å². The number of nitrogens with zero attached hydrogens (tertiary/aromatic N) is 2. The number of nitrogens with one attached hydrogen (secondary N) is 1.